The van der Waals surface area contributed by atoms with E-state index in [9.17, 15) is 4.79 Å². The van der Waals surface area contributed by atoms with E-state index < -0.39 is 0 Å². The van der Waals surface area contributed by atoms with Crippen LogP contribution in [0.5, 0.6) is 17.4 Å². The Morgan fingerprint density at radius 2 is 1.79 bits per heavy atom. The smallest absolute Gasteiger partial charge is 0.230 e. The van der Waals surface area contributed by atoms with Gasteiger partial charge in [-0.2, -0.15) is 0 Å². The lowest BCUT2D eigenvalue weighted by Crippen LogP contribution is -2.55. The number of rotatable bonds is 7. The van der Waals surface area contributed by atoms with E-state index in [0.717, 1.165) is 23.6 Å². The third kappa shape index (κ3) is 5.25. The molecule has 0 radical (unpaired) electrons. The summed E-state index contributed by atoms with van der Waals surface area (Å²) in [6.07, 6.45) is 2.30. The molecule has 172 valence electrons. The van der Waals surface area contributed by atoms with E-state index in [2.05, 4.69) is 28.7 Å². The maximum Gasteiger partial charge on any atom is 0.230 e. The summed E-state index contributed by atoms with van der Waals surface area (Å²) in [5.74, 6) is 2.81. The van der Waals surface area contributed by atoms with Gasteiger partial charge < -0.3 is 19.3 Å². The second kappa shape index (κ2) is 10.3. The second-order valence-corrected chi connectivity index (χ2v) is 8.19. The van der Waals surface area contributed by atoms with Crippen LogP contribution >= 0.6 is 0 Å². The average Bonchev–Trinajstić information content (AvgIpc) is 2.85. The lowest BCUT2D eigenvalue weighted by atomic mass is 9.94. The van der Waals surface area contributed by atoms with Crippen molar-refractivity contribution in [1.82, 2.24) is 14.9 Å². The summed E-state index contributed by atoms with van der Waals surface area (Å²) in [4.78, 5) is 26.2. The Morgan fingerprint density at radius 3 is 2.45 bits per heavy atom. The zero-order valence-corrected chi connectivity index (χ0v) is 19.3. The van der Waals surface area contributed by atoms with Gasteiger partial charge in [0.2, 0.25) is 11.8 Å². The van der Waals surface area contributed by atoms with Crippen LogP contribution in [0.3, 0.4) is 0 Å². The Kier molecular flexibility index (Phi) is 7.07. The molecule has 1 amide bonds. The van der Waals surface area contributed by atoms with Gasteiger partial charge >= 0.3 is 0 Å². The molecular weight excluding hydrogens is 416 g/mol. The van der Waals surface area contributed by atoms with Gasteiger partial charge in [0.1, 0.15) is 23.6 Å². The Hall–Kier alpha value is -3.61. The van der Waals surface area contributed by atoms with Gasteiger partial charge in [-0.3, -0.25) is 4.79 Å². The molecule has 0 N–H and O–H groups in total. The summed E-state index contributed by atoms with van der Waals surface area (Å²) in [6.45, 7) is 6.23. The quantitative estimate of drug-likeness (QED) is 0.532. The molecule has 3 aromatic rings. The van der Waals surface area contributed by atoms with Crippen molar-refractivity contribution in [2.75, 3.05) is 31.6 Å². The fourth-order valence-corrected chi connectivity index (χ4v) is 4.25. The van der Waals surface area contributed by atoms with Crippen molar-refractivity contribution in [2.45, 2.75) is 32.2 Å². The van der Waals surface area contributed by atoms with E-state index in [1.54, 1.807) is 7.11 Å². The molecular formula is C26H30N4O3. The zero-order chi connectivity index (χ0) is 23.2. The van der Waals surface area contributed by atoms with Crippen LogP contribution in [0, 0.1) is 0 Å². The summed E-state index contributed by atoms with van der Waals surface area (Å²) in [5.41, 5.74) is 1.08. The van der Waals surface area contributed by atoms with Gasteiger partial charge in [-0.15, -0.1) is 0 Å². The number of hydrogen-bond acceptors (Lipinski definition) is 6. The highest BCUT2D eigenvalue weighted by atomic mass is 16.5. The highest BCUT2D eigenvalue weighted by Gasteiger charge is 2.32. The van der Waals surface area contributed by atoms with Crippen LogP contribution in [0.15, 0.2) is 67.0 Å². The summed E-state index contributed by atoms with van der Waals surface area (Å²) in [6, 6.07) is 19.3. The van der Waals surface area contributed by atoms with Crippen molar-refractivity contribution in [3.63, 3.8) is 0 Å². The molecule has 1 aliphatic rings. The standard InChI is InChI=1S/C26H30N4O3/c1-4-23(20-8-6-5-7-9-20)26(31)30-15-14-29(17-19(30)2)24-16-25(28-18-27-24)33-22-12-10-21(32-3)11-13-22/h5-13,16,18-19,23H,4,14-15,17H2,1-3H3. The molecule has 2 heterocycles. The number of nitrogens with zero attached hydrogens (tertiary/aromatic N) is 4. The highest BCUT2D eigenvalue weighted by molar-refractivity contribution is 5.84. The first kappa shape index (κ1) is 22.6. The molecule has 33 heavy (non-hydrogen) atoms. The Balaban J connectivity index is 1.42. The maximum atomic E-state index is 13.3. The number of aromatic nitrogens is 2. The molecule has 0 aliphatic carbocycles. The number of ether oxygens (including phenoxy) is 2. The van der Waals surface area contributed by atoms with Crippen molar-refractivity contribution >= 4 is 11.7 Å². The van der Waals surface area contributed by atoms with Gasteiger partial charge in [-0.05, 0) is 43.2 Å². The van der Waals surface area contributed by atoms with Gasteiger partial charge in [-0.25, -0.2) is 9.97 Å². The Labute approximate surface area is 195 Å². The van der Waals surface area contributed by atoms with Crippen LogP contribution in [0.4, 0.5) is 5.82 Å². The molecule has 0 spiro atoms. The average molecular weight is 447 g/mol. The lowest BCUT2D eigenvalue weighted by molar-refractivity contribution is -0.135. The first-order valence-corrected chi connectivity index (χ1v) is 11.3. The summed E-state index contributed by atoms with van der Waals surface area (Å²) in [5, 5.41) is 0. The fraction of sp³-hybridized carbons (Fsp3) is 0.346. The minimum Gasteiger partial charge on any atom is -0.497 e. The first-order valence-electron chi connectivity index (χ1n) is 11.3. The number of methoxy groups -OCH3 is 1. The van der Waals surface area contributed by atoms with E-state index in [1.165, 1.54) is 6.33 Å². The molecule has 1 fully saturated rings. The zero-order valence-electron chi connectivity index (χ0n) is 19.3. The van der Waals surface area contributed by atoms with E-state index in [4.69, 9.17) is 9.47 Å². The van der Waals surface area contributed by atoms with Crippen molar-refractivity contribution in [2.24, 2.45) is 0 Å². The SMILES string of the molecule is CCC(C(=O)N1CCN(c2cc(Oc3ccc(OC)cc3)ncn2)CC1C)c1ccccc1. The molecule has 1 aromatic heterocycles. The molecule has 7 heteroatoms. The molecule has 0 bridgehead atoms. The monoisotopic (exact) mass is 446 g/mol. The van der Waals surface area contributed by atoms with Gasteiger partial charge in [0.25, 0.3) is 0 Å². The third-order valence-electron chi connectivity index (χ3n) is 6.05. The summed E-state index contributed by atoms with van der Waals surface area (Å²) in [7, 11) is 1.63. The molecule has 1 aliphatic heterocycles. The highest BCUT2D eigenvalue weighted by Crippen LogP contribution is 2.28. The van der Waals surface area contributed by atoms with E-state index in [0.29, 0.717) is 31.3 Å². The summed E-state index contributed by atoms with van der Waals surface area (Å²) < 4.78 is 11.1. The number of amides is 1. The number of carbonyl (C=O) groups is 1. The Bertz CT molecular complexity index is 1060. The maximum absolute atomic E-state index is 13.3. The number of hydrogen-bond donors (Lipinski definition) is 0. The first-order chi connectivity index (χ1) is 16.1. The van der Waals surface area contributed by atoms with E-state index in [1.807, 2.05) is 65.6 Å². The Morgan fingerprint density at radius 1 is 1.06 bits per heavy atom. The number of piperazine rings is 1. The molecule has 4 rings (SSSR count). The summed E-state index contributed by atoms with van der Waals surface area (Å²) >= 11 is 0. The van der Waals surface area contributed by atoms with Crippen molar-refractivity contribution in [3.05, 3.63) is 72.6 Å². The predicted molar refractivity (Wildman–Crippen MR) is 128 cm³/mol. The predicted octanol–water partition coefficient (Wildman–Crippen LogP) is 4.51. The fourth-order valence-electron chi connectivity index (χ4n) is 4.25. The number of benzene rings is 2. The van der Waals surface area contributed by atoms with Crippen LogP contribution in [0.25, 0.3) is 0 Å². The van der Waals surface area contributed by atoms with Crippen LogP contribution < -0.4 is 14.4 Å². The van der Waals surface area contributed by atoms with Gasteiger partial charge in [0.05, 0.1) is 13.0 Å². The topological polar surface area (TPSA) is 67.8 Å². The van der Waals surface area contributed by atoms with E-state index in [-0.39, 0.29) is 17.9 Å². The second-order valence-electron chi connectivity index (χ2n) is 8.19. The van der Waals surface area contributed by atoms with Crippen molar-refractivity contribution in [3.8, 4) is 17.4 Å². The third-order valence-corrected chi connectivity index (χ3v) is 6.05. The van der Waals surface area contributed by atoms with Crippen LogP contribution in [0.1, 0.15) is 31.7 Å². The number of anilines is 1. The molecule has 1 saturated heterocycles. The molecule has 7 nitrogen and oxygen atoms in total. The van der Waals surface area contributed by atoms with Crippen molar-refractivity contribution < 1.29 is 14.3 Å². The van der Waals surface area contributed by atoms with Crippen LogP contribution in [0.2, 0.25) is 0 Å². The van der Waals surface area contributed by atoms with Crippen molar-refractivity contribution in [1.29, 1.82) is 0 Å². The minimum absolute atomic E-state index is 0.0740. The normalized spacial score (nSPS) is 16.9. The molecule has 2 atom stereocenters. The molecule has 2 aromatic carbocycles. The van der Waals surface area contributed by atoms with Crippen LogP contribution in [-0.4, -0.2) is 53.6 Å². The molecule has 0 saturated carbocycles. The van der Waals surface area contributed by atoms with Crippen LogP contribution in [-0.2, 0) is 4.79 Å². The van der Waals surface area contributed by atoms with E-state index >= 15 is 0 Å². The largest absolute Gasteiger partial charge is 0.497 e. The minimum atomic E-state index is -0.108. The van der Waals surface area contributed by atoms with Gasteiger partial charge in [0, 0.05) is 31.7 Å². The number of carbonyl (C=O) groups excluding carboxylic acids is 1. The lowest BCUT2D eigenvalue weighted by Gasteiger charge is -2.41. The van der Waals surface area contributed by atoms with Gasteiger partial charge in [0.15, 0.2) is 0 Å². The molecule has 2 unspecified atom stereocenters. The van der Waals surface area contributed by atoms with Gasteiger partial charge in [-0.1, -0.05) is 37.3 Å².